The Morgan fingerprint density at radius 2 is 1.80 bits per heavy atom. The predicted molar refractivity (Wildman–Crippen MR) is 83.5 cm³/mol. The first-order valence-corrected chi connectivity index (χ1v) is 7.10. The van der Waals surface area contributed by atoms with Gasteiger partial charge >= 0.3 is 6.18 Å². The Hall–Kier alpha value is -3.17. The minimum absolute atomic E-state index is 0.0568. The molecule has 1 N–H and O–H groups in total. The van der Waals surface area contributed by atoms with E-state index in [1.54, 1.807) is 31.3 Å². The number of halogens is 3. The third-order valence-corrected chi connectivity index (χ3v) is 3.53. The highest BCUT2D eigenvalue weighted by Gasteiger charge is 2.34. The smallest absolute Gasteiger partial charge is 0.433 e. The largest absolute Gasteiger partial charge is 0.497 e. The van der Waals surface area contributed by atoms with Crippen molar-refractivity contribution in [1.29, 1.82) is 0 Å². The number of aromatic amines is 1. The zero-order valence-corrected chi connectivity index (χ0v) is 13.2. The van der Waals surface area contributed by atoms with Crippen molar-refractivity contribution < 1.29 is 17.9 Å². The number of hydrogen-bond donors (Lipinski definition) is 1. The molecule has 0 spiro atoms. The second-order valence-electron chi connectivity index (χ2n) is 5.06. The van der Waals surface area contributed by atoms with Crippen LogP contribution < -0.4 is 9.64 Å². The average molecular weight is 350 g/mol. The molecule has 25 heavy (non-hydrogen) atoms. The van der Waals surface area contributed by atoms with Crippen molar-refractivity contribution in [2.45, 2.75) is 6.18 Å². The molecule has 0 fully saturated rings. The second-order valence-corrected chi connectivity index (χ2v) is 5.06. The van der Waals surface area contributed by atoms with Gasteiger partial charge in [-0.15, -0.1) is 10.2 Å². The summed E-state index contributed by atoms with van der Waals surface area (Å²) in [5, 5.41) is 13.4. The van der Waals surface area contributed by atoms with Crippen LogP contribution in [0, 0.1) is 0 Å². The minimum atomic E-state index is -4.56. The molecule has 1 aromatic carbocycles. The first-order valence-electron chi connectivity index (χ1n) is 7.10. The van der Waals surface area contributed by atoms with E-state index in [-0.39, 0.29) is 11.6 Å². The van der Waals surface area contributed by atoms with Crippen LogP contribution in [-0.4, -0.2) is 39.8 Å². The topological polar surface area (TPSA) is 79.8 Å². The molecule has 0 unspecified atom stereocenters. The van der Waals surface area contributed by atoms with Crippen molar-refractivity contribution in [3.05, 3.63) is 42.1 Å². The maximum absolute atomic E-state index is 13.1. The molecule has 2 heterocycles. The van der Waals surface area contributed by atoms with Crippen LogP contribution in [0.2, 0.25) is 0 Å². The lowest BCUT2D eigenvalue weighted by molar-refractivity contribution is -0.141. The van der Waals surface area contributed by atoms with Crippen molar-refractivity contribution >= 4 is 11.5 Å². The predicted octanol–water partition coefficient (Wildman–Crippen LogP) is 3.06. The monoisotopic (exact) mass is 350 g/mol. The zero-order valence-electron chi connectivity index (χ0n) is 13.2. The van der Waals surface area contributed by atoms with Gasteiger partial charge in [0.05, 0.1) is 12.7 Å². The van der Waals surface area contributed by atoms with Crippen molar-refractivity contribution in [3.63, 3.8) is 0 Å². The maximum Gasteiger partial charge on any atom is 0.433 e. The van der Waals surface area contributed by atoms with E-state index in [1.165, 1.54) is 18.1 Å². The van der Waals surface area contributed by atoms with Gasteiger partial charge in [0.2, 0.25) is 5.82 Å². The Labute approximate surface area is 140 Å². The van der Waals surface area contributed by atoms with E-state index in [0.29, 0.717) is 17.0 Å². The molecule has 0 aliphatic carbocycles. The number of ether oxygens (including phenoxy) is 1. The molecule has 0 radical (unpaired) electrons. The maximum atomic E-state index is 13.1. The normalized spacial score (nSPS) is 11.4. The van der Waals surface area contributed by atoms with E-state index < -0.39 is 11.9 Å². The Morgan fingerprint density at radius 3 is 2.36 bits per heavy atom. The lowest BCUT2D eigenvalue weighted by Gasteiger charge is -2.22. The van der Waals surface area contributed by atoms with Crippen LogP contribution in [0.15, 0.2) is 36.4 Å². The van der Waals surface area contributed by atoms with Crippen LogP contribution >= 0.6 is 0 Å². The van der Waals surface area contributed by atoms with Gasteiger partial charge < -0.3 is 9.64 Å². The number of pyridine rings is 1. The Bertz CT molecular complexity index is 849. The number of benzene rings is 1. The fraction of sp³-hybridized carbons (Fsp3) is 0.200. The molecule has 0 aliphatic heterocycles. The van der Waals surface area contributed by atoms with Crippen LogP contribution in [0.5, 0.6) is 5.75 Å². The molecule has 0 atom stereocenters. The van der Waals surface area contributed by atoms with Crippen LogP contribution in [0.4, 0.5) is 24.7 Å². The van der Waals surface area contributed by atoms with Crippen LogP contribution in [0.1, 0.15) is 5.69 Å². The van der Waals surface area contributed by atoms with E-state index in [2.05, 4.69) is 25.6 Å². The van der Waals surface area contributed by atoms with E-state index in [4.69, 9.17) is 4.74 Å². The standard InChI is InChI=1S/C15H13F3N6O/c1-24(9-3-5-10(25-2)6-4-9)14-11(13-20-22-23-21-13)7-8-12(19-14)15(16,17)18/h3-8H,1-2H3,(H,20,21,22,23). The average Bonchev–Trinajstić information content (AvgIpc) is 3.14. The summed E-state index contributed by atoms with van der Waals surface area (Å²) in [5.74, 6) is 0.838. The molecule has 0 saturated carbocycles. The Morgan fingerprint density at radius 1 is 1.08 bits per heavy atom. The molecule has 10 heteroatoms. The summed E-state index contributed by atoms with van der Waals surface area (Å²) in [4.78, 5) is 5.28. The molecule has 0 aliphatic rings. The first-order chi connectivity index (χ1) is 11.9. The zero-order chi connectivity index (χ0) is 18.0. The summed E-state index contributed by atoms with van der Waals surface area (Å²) in [5.41, 5.74) is -0.0625. The molecular weight excluding hydrogens is 337 g/mol. The van der Waals surface area contributed by atoms with Crippen molar-refractivity contribution in [3.8, 4) is 17.1 Å². The van der Waals surface area contributed by atoms with E-state index in [1.807, 2.05) is 0 Å². The van der Waals surface area contributed by atoms with E-state index >= 15 is 0 Å². The van der Waals surface area contributed by atoms with E-state index in [9.17, 15) is 13.2 Å². The van der Waals surface area contributed by atoms with Gasteiger partial charge in [-0.25, -0.2) is 4.98 Å². The molecule has 0 bridgehead atoms. The van der Waals surface area contributed by atoms with Crippen LogP contribution in [0.3, 0.4) is 0 Å². The minimum Gasteiger partial charge on any atom is -0.497 e. The number of tetrazole rings is 1. The van der Waals surface area contributed by atoms with Gasteiger partial charge in [-0.1, -0.05) is 0 Å². The summed E-state index contributed by atoms with van der Waals surface area (Å²) < 4.78 is 44.3. The number of rotatable bonds is 4. The number of nitrogens with zero attached hydrogens (tertiary/aromatic N) is 5. The number of alkyl halides is 3. The quantitative estimate of drug-likeness (QED) is 0.779. The number of H-pyrrole nitrogens is 1. The molecule has 130 valence electrons. The van der Waals surface area contributed by atoms with Crippen molar-refractivity contribution in [1.82, 2.24) is 25.6 Å². The number of aromatic nitrogens is 5. The molecule has 0 amide bonds. The van der Waals surface area contributed by atoms with Crippen LogP contribution in [-0.2, 0) is 6.18 Å². The molecule has 2 aromatic heterocycles. The fourth-order valence-electron chi connectivity index (χ4n) is 2.24. The van der Waals surface area contributed by atoms with Crippen molar-refractivity contribution in [2.75, 3.05) is 19.1 Å². The molecule has 0 saturated heterocycles. The van der Waals surface area contributed by atoms with E-state index in [0.717, 1.165) is 6.07 Å². The van der Waals surface area contributed by atoms with Gasteiger partial charge in [-0.2, -0.15) is 18.4 Å². The van der Waals surface area contributed by atoms with Gasteiger partial charge in [-0.05, 0) is 41.6 Å². The number of hydrogen-bond acceptors (Lipinski definition) is 6. The number of nitrogens with one attached hydrogen (secondary N) is 1. The van der Waals surface area contributed by atoms with Gasteiger partial charge in [0, 0.05) is 12.7 Å². The van der Waals surface area contributed by atoms with Gasteiger partial charge in [0.25, 0.3) is 0 Å². The Balaban J connectivity index is 2.10. The van der Waals surface area contributed by atoms with Crippen LogP contribution in [0.25, 0.3) is 11.4 Å². The van der Waals surface area contributed by atoms with Gasteiger partial charge in [0.1, 0.15) is 17.3 Å². The number of methoxy groups -OCH3 is 1. The SMILES string of the molecule is COc1ccc(N(C)c2nc(C(F)(F)F)ccc2-c2nn[nH]n2)cc1. The molecule has 3 rings (SSSR count). The summed E-state index contributed by atoms with van der Waals surface area (Å²) in [6.45, 7) is 0. The Kier molecular flexibility index (Phi) is 4.26. The summed E-state index contributed by atoms with van der Waals surface area (Å²) in [6.07, 6.45) is -4.56. The van der Waals surface area contributed by atoms with Gasteiger partial charge in [-0.3, -0.25) is 0 Å². The lowest BCUT2D eigenvalue weighted by Crippen LogP contribution is -2.16. The third kappa shape index (κ3) is 3.37. The number of anilines is 2. The molecular formula is C15H13F3N6O. The third-order valence-electron chi connectivity index (χ3n) is 3.53. The highest BCUT2D eigenvalue weighted by atomic mass is 19.4. The highest BCUT2D eigenvalue weighted by Crippen LogP contribution is 2.35. The molecule has 3 aromatic rings. The second kappa shape index (κ2) is 6.38. The lowest BCUT2D eigenvalue weighted by atomic mass is 10.2. The van der Waals surface area contributed by atoms with Gasteiger partial charge in [0.15, 0.2) is 0 Å². The summed E-state index contributed by atoms with van der Waals surface area (Å²) >= 11 is 0. The van der Waals surface area contributed by atoms with Crippen molar-refractivity contribution in [2.24, 2.45) is 0 Å². The first kappa shape index (κ1) is 16.7. The summed E-state index contributed by atoms with van der Waals surface area (Å²) in [6, 6.07) is 8.98. The highest BCUT2D eigenvalue weighted by molar-refractivity contribution is 5.76. The summed E-state index contributed by atoms with van der Waals surface area (Å²) in [7, 11) is 3.13. The fourth-order valence-corrected chi connectivity index (χ4v) is 2.24. The molecule has 7 nitrogen and oxygen atoms in total.